The molecule has 0 saturated carbocycles. The Morgan fingerprint density at radius 3 is 1.55 bits per heavy atom. The average molecular weight is 296 g/mol. The molecule has 0 heterocycles. The third-order valence-electron chi connectivity index (χ3n) is 2.65. The van der Waals surface area contributed by atoms with Crippen LogP contribution in [0.4, 0.5) is 0 Å². The molecule has 5 heteroatoms. The van der Waals surface area contributed by atoms with E-state index in [0.717, 1.165) is 0 Å². The first-order valence-electron chi connectivity index (χ1n) is 7.26. The fourth-order valence-corrected chi connectivity index (χ4v) is 1.61. The largest absolute Gasteiger partial charge is 1.00 e. The van der Waals surface area contributed by atoms with Gasteiger partial charge in [-0.1, -0.05) is 58.3 Å². The van der Waals surface area contributed by atoms with Gasteiger partial charge in [0, 0.05) is 0 Å². The summed E-state index contributed by atoms with van der Waals surface area (Å²) in [7, 11) is 0. The van der Waals surface area contributed by atoms with E-state index in [-0.39, 0.29) is 29.6 Å². The Bertz CT molecular complexity index is 198. The Morgan fingerprint density at radius 2 is 1.25 bits per heavy atom. The standard InChI is InChI=1S/C12H25.C3H4O4.Na/c1-3-5-7-9-11-12-10-8-6-4-2;4-2(5)1-3(6)7;/h3H,4-12H2,1-2H3;1H2,(H,4,5)(H,6,7);/q-1;;+1. The molecule has 20 heavy (non-hydrogen) atoms. The molecule has 0 bridgehead atoms. The molecule has 0 aliphatic carbocycles. The van der Waals surface area contributed by atoms with Gasteiger partial charge in [0.1, 0.15) is 6.42 Å². The maximum absolute atomic E-state index is 9.43. The summed E-state index contributed by atoms with van der Waals surface area (Å²) in [4.78, 5) is 18.9. The van der Waals surface area contributed by atoms with E-state index in [0.29, 0.717) is 0 Å². The van der Waals surface area contributed by atoms with Gasteiger partial charge in [0.05, 0.1) is 0 Å². The molecule has 0 aromatic rings. The van der Waals surface area contributed by atoms with Crippen LogP contribution in [-0.4, -0.2) is 22.2 Å². The maximum atomic E-state index is 9.43. The Labute approximate surface area is 145 Å². The first-order chi connectivity index (χ1) is 9.04. The van der Waals surface area contributed by atoms with Crippen molar-refractivity contribution in [2.24, 2.45) is 0 Å². The number of carboxylic acid groups (broad SMARTS) is 2. The molecule has 0 spiro atoms. The Balaban J connectivity index is -0.000000312. The number of hydrogen-bond donors (Lipinski definition) is 2. The summed E-state index contributed by atoms with van der Waals surface area (Å²) in [6.07, 6.45) is 14.3. The van der Waals surface area contributed by atoms with Crippen LogP contribution in [0.2, 0.25) is 0 Å². The van der Waals surface area contributed by atoms with Crippen molar-refractivity contribution in [3.05, 3.63) is 6.42 Å². The second kappa shape index (κ2) is 21.2. The Morgan fingerprint density at radius 1 is 0.850 bits per heavy atom. The maximum Gasteiger partial charge on any atom is 1.00 e. The number of carbonyl (C=O) groups is 2. The fourth-order valence-electron chi connectivity index (χ4n) is 1.61. The van der Waals surface area contributed by atoms with Crippen LogP contribution in [0.15, 0.2) is 0 Å². The molecule has 0 aromatic heterocycles. The van der Waals surface area contributed by atoms with E-state index in [1.165, 1.54) is 57.8 Å². The molecule has 0 rings (SSSR count). The van der Waals surface area contributed by atoms with E-state index in [4.69, 9.17) is 10.2 Å². The van der Waals surface area contributed by atoms with E-state index < -0.39 is 18.4 Å². The van der Waals surface area contributed by atoms with Crippen molar-refractivity contribution in [1.82, 2.24) is 0 Å². The van der Waals surface area contributed by atoms with Gasteiger partial charge in [-0.15, -0.1) is 0 Å². The molecular formula is C15H29NaO4. The summed E-state index contributed by atoms with van der Waals surface area (Å²) < 4.78 is 0. The number of carboxylic acids is 2. The molecule has 0 unspecified atom stereocenters. The fraction of sp³-hybridized carbons (Fsp3) is 0.800. The van der Waals surface area contributed by atoms with Gasteiger partial charge in [0.15, 0.2) is 0 Å². The molecule has 0 aliphatic heterocycles. The molecule has 0 amide bonds. The molecule has 114 valence electrons. The zero-order valence-electron chi connectivity index (χ0n) is 13.4. The Hall–Kier alpha value is -0.0600. The smallest absolute Gasteiger partial charge is 0.481 e. The van der Waals surface area contributed by atoms with Gasteiger partial charge >= 0.3 is 41.5 Å². The van der Waals surface area contributed by atoms with Crippen molar-refractivity contribution in [3.63, 3.8) is 0 Å². The van der Waals surface area contributed by atoms with E-state index in [1.54, 1.807) is 0 Å². The summed E-state index contributed by atoms with van der Waals surface area (Å²) in [5.74, 6) is -2.62. The number of hydrogen-bond acceptors (Lipinski definition) is 2. The van der Waals surface area contributed by atoms with Gasteiger partial charge in [-0.05, 0) is 0 Å². The second-order valence-electron chi connectivity index (χ2n) is 4.64. The normalized spacial score (nSPS) is 9.10. The van der Waals surface area contributed by atoms with Crippen molar-refractivity contribution in [2.75, 3.05) is 0 Å². The summed E-state index contributed by atoms with van der Waals surface area (Å²) in [5, 5.41) is 15.4. The van der Waals surface area contributed by atoms with Crippen LogP contribution < -0.4 is 29.6 Å². The minimum Gasteiger partial charge on any atom is -0.481 e. The van der Waals surface area contributed by atoms with Gasteiger partial charge in [0.2, 0.25) is 0 Å². The van der Waals surface area contributed by atoms with Gasteiger partial charge in [-0.3, -0.25) is 9.59 Å². The zero-order chi connectivity index (χ0) is 14.9. The van der Waals surface area contributed by atoms with Crippen molar-refractivity contribution < 1.29 is 49.4 Å². The molecule has 2 N–H and O–H groups in total. The third kappa shape index (κ3) is 30.7. The van der Waals surface area contributed by atoms with Crippen molar-refractivity contribution >= 4 is 11.9 Å². The molecule has 0 aliphatic rings. The minimum absolute atomic E-state index is 0. The number of rotatable bonds is 11. The quantitative estimate of drug-likeness (QED) is 0.261. The molecule has 0 atom stereocenters. The number of unbranched alkanes of at least 4 members (excludes halogenated alkanes) is 9. The van der Waals surface area contributed by atoms with Crippen molar-refractivity contribution in [1.29, 1.82) is 0 Å². The van der Waals surface area contributed by atoms with Crippen LogP contribution in [0.1, 0.15) is 78.1 Å². The monoisotopic (exact) mass is 296 g/mol. The van der Waals surface area contributed by atoms with Crippen LogP contribution in [0.25, 0.3) is 0 Å². The molecule has 0 fully saturated rings. The van der Waals surface area contributed by atoms with Crippen LogP contribution in [0, 0.1) is 6.42 Å². The molecule has 4 nitrogen and oxygen atoms in total. The van der Waals surface area contributed by atoms with Gasteiger partial charge < -0.3 is 16.6 Å². The minimum atomic E-state index is -1.31. The second-order valence-corrected chi connectivity index (χ2v) is 4.64. The molecular weight excluding hydrogens is 267 g/mol. The Kier molecular flexibility index (Phi) is 26.5. The van der Waals surface area contributed by atoms with Gasteiger partial charge in [0.25, 0.3) is 0 Å². The summed E-state index contributed by atoms with van der Waals surface area (Å²) in [5.41, 5.74) is 0. The average Bonchev–Trinajstić information content (AvgIpc) is 2.32. The van der Waals surface area contributed by atoms with E-state index in [1.807, 2.05) is 0 Å². The molecule has 0 aromatic carbocycles. The number of aliphatic carboxylic acids is 2. The predicted molar refractivity (Wildman–Crippen MR) is 77.1 cm³/mol. The van der Waals surface area contributed by atoms with E-state index >= 15 is 0 Å². The van der Waals surface area contributed by atoms with Crippen LogP contribution in [-0.2, 0) is 9.59 Å². The van der Waals surface area contributed by atoms with Crippen LogP contribution in [0.3, 0.4) is 0 Å². The summed E-state index contributed by atoms with van der Waals surface area (Å²) in [6.45, 7) is 4.43. The topological polar surface area (TPSA) is 74.6 Å². The first kappa shape index (κ1) is 24.9. The van der Waals surface area contributed by atoms with Crippen LogP contribution in [0.5, 0.6) is 0 Å². The van der Waals surface area contributed by atoms with Gasteiger partial charge in [-0.2, -0.15) is 13.3 Å². The van der Waals surface area contributed by atoms with Gasteiger partial charge in [-0.25, -0.2) is 0 Å². The summed E-state index contributed by atoms with van der Waals surface area (Å²) in [6, 6.07) is 0. The third-order valence-corrected chi connectivity index (χ3v) is 2.65. The zero-order valence-corrected chi connectivity index (χ0v) is 15.4. The SMILES string of the molecule is C[CH-]CCCCCCCCCC.O=C(O)CC(=O)O.[Na+]. The molecule has 0 saturated heterocycles. The van der Waals surface area contributed by atoms with E-state index in [2.05, 4.69) is 20.3 Å². The summed E-state index contributed by atoms with van der Waals surface area (Å²) >= 11 is 0. The van der Waals surface area contributed by atoms with Crippen molar-refractivity contribution in [3.8, 4) is 0 Å². The van der Waals surface area contributed by atoms with Crippen molar-refractivity contribution in [2.45, 2.75) is 78.1 Å². The van der Waals surface area contributed by atoms with Crippen LogP contribution >= 0.6 is 0 Å². The molecule has 0 radical (unpaired) electrons. The first-order valence-corrected chi connectivity index (χ1v) is 7.26. The van der Waals surface area contributed by atoms with E-state index in [9.17, 15) is 9.59 Å². The predicted octanol–water partition coefficient (Wildman–Crippen LogP) is 1.29.